The van der Waals surface area contributed by atoms with Crippen molar-refractivity contribution in [2.45, 2.75) is 53.5 Å². The van der Waals surface area contributed by atoms with Crippen LogP contribution in [-0.2, 0) is 4.79 Å². The summed E-state index contributed by atoms with van der Waals surface area (Å²) in [5, 5.41) is 3.64. The molecule has 5 nitrogen and oxygen atoms in total. The predicted octanol–water partition coefficient (Wildman–Crippen LogP) is 3.66. The molecular formula is C18H30ClN3O2S. The highest BCUT2D eigenvalue weighted by atomic mass is 35.5. The molecule has 3 N–H and O–H groups in total. The zero-order valence-electron chi connectivity index (χ0n) is 15.7. The maximum absolute atomic E-state index is 13.0. The molecule has 2 amide bonds. The highest BCUT2D eigenvalue weighted by molar-refractivity contribution is 7.18. The first-order chi connectivity index (χ1) is 11.1. The predicted molar refractivity (Wildman–Crippen MR) is 107 cm³/mol. The SMILES string of the molecule is Cc1cc(NC(=O)C(C)(C)C)sc1C(=O)N1CCC(C)CC1CN.Cl. The summed E-state index contributed by atoms with van der Waals surface area (Å²) in [6.45, 7) is 11.0. The smallest absolute Gasteiger partial charge is 0.264 e. The molecular weight excluding hydrogens is 358 g/mol. The molecule has 2 unspecified atom stereocenters. The summed E-state index contributed by atoms with van der Waals surface area (Å²) in [6.07, 6.45) is 1.97. The maximum Gasteiger partial charge on any atom is 0.264 e. The molecule has 1 aromatic heterocycles. The van der Waals surface area contributed by atoms with Gasteiger partial charge < -0.3 is 16.0 Å². The van der Waals surface area contributed by atoms with Crippen LogP contribution in [0.4, 0.5) is 5.00 Å². The van der Waals surface area contributed by atoms with Gasteiger partial charge in [0.05, 0.1) is 9.88 Å². The lowest BCUT2D eigenvalue weighted by Crippen LogP contribution is -2.49. The largest absolute Gasteiger partial charge is 0.334 e. The molecule has 142 valence electrons. The lowest BCUT2D eigenvalue weighted by Gasteiger charge is -2.37. The molecule has 2 rings (SSSR count). The first-order valence-electron chi connectivity index (χ1n) is 8.56. The second-order valence-corrected chi connectivity index (χ2v) is 8.90. The summed E-state index contributed by atoms with van der Waals surface area (Å²) in [5.74, 6) is 0.596. The normalized spacial score (nSPS) is 20.8. The molecule has 0 spiro atoms. The molecule has 0 aliphatic carbocycles. The Balaban J connectivity index is 0.00000312. The van der Waals surface area contributed by atoms with Crippen molar-refractivity contribution < 1.29 is 9.59 Å². The molecule has 1 aliphatic heterocycles. The number of anilines is 1. The summed E-state index contributed by atoms with van der Waals surface area (Å²) in [7, 11) is 0. The summed E-state index contributed by atoms with van der Waals surface area (Å²) in [6, 6.07) is 1.99. The van der Waals surface area contributed by atoms with Crippen molar-refractivity contribution in [3.63, 3.8) is 0 Å². The van der Waals surface area contributed by atoms with Gasteiger partial charge in [-0.15, -0.1) is 23.7 Å². The van der Waals surface area contributed by atoms with Crippen LogP contribution in [0.25, 0.3) is 0 Å². The fourth-order valence-corrected chi connectivity index (χ4v) is 3.95. The minimum absolute atomic E-state index is 0. The number of nitrogens with one attached hydrogen (secondary N) is 1. The Morgan fingerprint density at radius 3 is 2.60 bits per heavy atom. The summed E-state index contributed by atoms with van der Waals surface area (Å²) < 4.78 is 0. The molecule has 0 bridgehead atoms. The fourth-order valence-electron chi connectivity index (χ4n) is 2.93. The number of piperidine rings is 1. The van der Waals surface area contributed by atoms with E-state index in [4.69, 9.17) is 5.73 Å². The van der Waals surface area contributed by atoms with Gasteiger partial charge in [-0.2, -0.15) is 0 Å². The van der Waals surface area contributed by atoms with Crippen molar-refractivity contribution in [3.05, 3.63) is 16.5 Å². The van der Waals surface area contributed by atoms with Crippen molar-refractivity contribution >= 4 is 40.6 Å². The minimum atomic E-state index is -0.463. The Labute approximate surface area is 160 Å². The van der Waals surface area contributed by atoms with Gasteiger partial charge in [-0.25, -0.2) is 0 Å². The Hall–Kier alpha value is -1.11. The van der Waals surface area contributed by atoms with Gasteiger partial charge in [0.25, 0.3) is 5.91 Å². The molecule has 1 aliphatic rings. The first-order valence-corrected chi connectivity index (χ1v) is 9.38. The van der Waals surface area contributed by atoms with Crippen LogP contribution < -0.4 is 11.1 Å². The molecule has 0 radical (unpaired) electrons. The average Bonchev–Trinajstić information content (AvgIpc) is 2.86. The Bertz CT molecular complexity index is 624. The van der Waals surface area contributed by atoms with E-state index in [1.807, 2.05) is 38.7 Å². The number of carbonyl (C=O) groups is 2. The molecule has 1 saturated heterocycles. The molecule has 2 atom stereocenters. The van der Waals surface area contributed by atoms with Crippen LogP contribution in [0.2, 0.25) is 0 Å². The monoisotopic (exact) mass is 387 g/mol. The first kappa shape index (κ1) is 21.9. The van der Waals surface area contributed by atoms with E-state index < -0.39 is 5.41 Å². The van der Waals surface area contributed by atoms with Crippen LogP contribution in [0.1, 0.15) is 55.8 Å². The van der Waals surface area contributed by atoms with Gasteiger partial charge in [-0.3, -0.25) is 9.59 Å². The van der Waals surface area contributed by atoms with Crippen LogP contribution >= 0.6 is 23.7 Å². The number of rotatable bonds is 3. The lowest BCUT2D eigenvalue weighted by molar-refractivity contribution is -0.123. The third-order valence-corrected chi connectivity index (χ3v) is 5.68. The molecule has 0 saturated carbocycles. The molecule has 7 heteroatoms. The van der Waals surface area contributed by atoms with Crippen LogP contribution in [0, 0.1) is 18.3 Å². The second-order valence-electron chi connectivity index (χ2n) is 7.84. The van der Waals surface area contributed by atoms with Gasteiger partial charge in [0.15, 0.2) is 0 Å². The van der Waals surface area contributed by atoms with Crippen LogP contribution in [0.5, 0.6) is 0 Å². The quantitative estimate of drug-likeness (QED) is 0.830. The van der Waals surface area contributed by atoms with Crippen molar-refractivity contribution in [1.29, 1.82) is 0 Å². The highest BCUT2D eigenvalue weighted by Gasteiger charge is 2.31. The van der Waals surface area contributed by atoms with E-state index in [0.29, 0.717) is 17.3 Å². The lowest BCUT2D eigenvalue weighted by atomic mass is 9.92. The Morgan fingerprint density at radius 1 is 1.40 bits per heavy atom. The average molecular weight is 388 g/mol. The van der Waals surface area contributed by atoms with E-state index >= 15 is 0 Å². The van der Waals surface area contributed by atoms with Crippen LogP contribution in [-0.4, -0.2) is 35.8 Å². The Kier molecular flexibility index (Phi) is 7.47. The molecule has 0 aromatic carbocycles. The second kappa shape index (κ2) is 8.52. The molecule has 1 fully saturated rings. The van der Waals surface area contributed by atoms with E-state index in [1.165, 1.54) is 11.3 Å². The van der Waals surface area contributed by atoms with E-state index in [1.54, 1.807) is 0 Å². The van der Waals surface area contributed by atoms with E-state index in [2.05, 4.69) is 12.2 Å². The van der Waals surface area contributed by atoms with Crippen molar-refractivity contribution in [1.82, 2.24) is 4.90 Å². The number of nitrogens with two attached hydrogens (primary N) is 1. The van der Waals surface area contributed by atoms with Gasteiger partial charge in [0.1, 0.15) is 0 Å². The van der Waals surface area contributed by atoms with Gasteiger partial charge >= 0.3 is 0 Å². The number of thiophene rings is 1. The van der Waals surface area contributed by atoms with Gasteiger partial charge in [-0.1, -0.05) is 27.7 Å². The van der Waals surface area contributed by atoms with E-state index in [0.717, 1.165) is 30.0 Å². The number of carbonyl (C=O) groups excluding carboxylic acids is 2. The van der Waals surface area contributed by atoms with E-state index in [9.17, 15) is 9.59 Å². The standard InChI is InChI=1S/C18H29N3O2S.ClH/c1-11-6-7-21(13(8-11)10-19)16(22)15-12(2)9-14(24-15)20-17(23)18(3,4)5;/h9,11,13H,6-8,10,19H2,1-5H3,(H,20,23);1H. The van der Waals surface area contributed by atoms with Crippen molar-refractivity contribution in [3.8, 4) is 0 Å². The highest BCUT2D eigenvalue weighted by Crippen LogP contribution is 2.31. The zero-order valence-corrected chi connectivity index (χ0v) is 17.4. The number of nitrogens with zero attached hydrogens (tertiary/aromatic N) is 1. The topological polar surface area (TPSA) is 75.4 Å². The third-order valence-electron chi connectivity index (χ3n) is 4.54. The van der Waals surface area contributed by atoms with Gasteiger partial charge in [-0.05, 0) is 37.3 Å². The summed E-state index contributed by atoms with van der Waals surface area (Å²) >= 11 is 1.36. The summed E-state index contributed by atoms with van der Waals surface area (Å²) in [4.78, 5) is 27.7. The fraction of sp³-hybridized carbons (Fsp3) is 0.667. The maximum atomic E-state index is 13.0. The van der Waals surface area contributed by atoms with Gasteiger partial charge in [0, 0.05) is 24.5 Å². The number of hydrogen-bond donors (Lipinski definition) is 2. The van der Waals surface area contributed by atoms with Crippen LogP contribution in [0.3, 0.4) is 0 Å². The third kappa shape index (κ3) is 5.19. The number of hydrogen-bond acceptors (Lipinski definition) is 4. The van der Waals surface area contributed by atoms with Crippen molar-refractivity contribution in [2.75, 3.05) is 18.4 Å². The van der Waals surface area contributed by atoms with E-state index in [-0.39, 0.29) is 30.3 Å². The number of likely N-dealkylation sites (tertiary alicyclic amines) is 1. The minimum Gasteiger partial charge on any atom is -0.334 e. The van der Waals surface area contributed by atoms with Crippen molar-refractivity contribution in [2.24, 2.45) is 17.1 Å². The molecule has 2 heterocycles. The zero-order chi connectivity index (χ0) is 18.1. The van der Waals surface area contributed by atoms with Crippen LogP contribution in [0.15, 0.2) is 6.07 Å². The number of halogens is 1. The van der Waals surface area contributed by atoms with Gasteiger partial charge in [0.2, 0.25) is 5.91 Å². The number of aryl methyl sites for hydroxylation is 1. The molecule has 1 aromatic rings. The molecule has 25 heavy (non-hydrogen) atoms. The Morgan fingerprint density at radius 2 is 2.04 bits per heavy atom. The number of amides is 2. The summed E-state index contributed by atoms with van der Waals surface area (Å²) in [5.41, 5.74) is 6.32.